The molecule has 14 heavy (non-hydrogen) atoms. The van der Waals surface area contributed by atoms with Gasteiger partial charge in [0.25, 0.3) is 0 Å². The van der Waals surface area contributed by atoms with Crippen molar-refractivity contribution in [2.45, 2.75) is 32.9 Å². The van der Waals surface area contributed by atoms with Crippen LogP contribution in [0.1, 0.15) is 38.8 Å². The standard InChI is InChI=1S/C9H18N4S/c1-7(14-6-9(2,3)4)8-10-11-12-13(8)5/h7H,6H2,1-5H3/t7-/m0/s1. The number of aromatic nitrogens is 4. The molecule has 1 heterocycles. The topological polar surface area (TPSA) is 43.6 Å². The predicted molar refractivity (Wildman–Crippen MR) is 59.1 cm³/mol. The van der Waals surface area contributed by atoms with Gasteiger partial charge in [-0.2, -0.15) is 11.8 Å². The van der Waals surface area contributed by atoms with Crippen molar-refractivity contribution in [3.63, 3.8) is 0 Å². The number of nitrogens with zero attached hydrogens (tertiary/aromatic N) is 4. The number of aryl methyl sites for hydroxylation is 1. The van der Waals surface area contributed by atoms with E-state index in [0.717, 1.165) is 11.6 Å². The third kappa shape index (κ3) is 3.29. The fraction of sp³-hybridized carbons (Fsp3) is 0.889. The van der Waals surface area contributed by atoms with Gasteiger partial charge in [-0.15, -0.1) is 5.10 Å². The highest BCUT2D eigenvalue weighted by Gasteiger charge is 2.17. The maximum atomic E-state index is 4.00. The summed E-state index contributed by atoms with van der Waals surface area (Å²) in [5.41, 5.74) is 0.352. The third-order valence-electron chi connectivity index (χ3n) is 1.78. The molecule has 1 rings (SSSR count). The Bertz CT molecular complexity index is 289. The van der Waals surface area contributed by atoms with Gasteiger partial charge < -0.3 is 0 Å². The van der Waals surface area contributed by atoms with Gasteiger partial charge in [0.15, 0.2) is 5.82 Å². The van der Waals surface area contributed by atoms with E-state index in [2.05, 4.69) is 43.2 Å². The van der Waals surface area contributed by atoms with Gasteiger partial charge in [0, 0.05) is 7.05 Å². The lowest BCUT2D eigenvalue weighted by atomic mass is 10.0. The quantitative estimate of drug-likeness (QED) is 0.772. The van der Waals surface area contributed by atoms with Crippen LogP contribution in [0.2, 0.25) is 0 Å². The zero-order chi connectivity index (χ0) is 10.8. The molecular formula is C9H18N4S. The smallest absolute Gasteiger partial charge is 0.163 e. The summed E-state index contributed by atoms with van der Waals surface area (Å²) in [4.78, 5) is 0. The molecule has 4 nitrogen and oxygen atoms in total. The number of hydrogen-bond donors (Lipinski definition) is 0. The van der Waals surface area contributed by atoms with Gasteiger partial charge >= 0.3 is 0 Å². The molecule has 0 unspecified atom stereocenters. The van der Waals surface area contributed by atoms with Crippen molar-refractivity contribution in [2.75, 3.05) is 5.75 Å². The summed E-state index contributed by atoms with van der Waals surface area (Å²) in [5.74, 6) is 2.06. The van der Waals surface area contributed by atoms with Gasteiger partial charge in [-0.05, 0) is 28.5 Å². The van der Waals surface area contributed by atoms with Crippen LogP contribution in [0.4, 0.5) is 0 Å². The first-order valence-electron chi connectivity index (χ1n) is 4.74. The van der Waals surface area contributed by atoms with E-state index in [1.807, 2.05) is 18.8 Å². The molecule has 0 N–H and O–H groups in total. The van der Waals surface area contributed by atoms with Gasteiger partial charge in [0.1, 0.15) is 0 Å². The molecule has 5 heteroatoms. The van der Waals surface area contributed by atoms with Crippen molar-refractivity contribution in [2.24, 2.45) is 12.5 Å². The molecule has 0 aliphatic rings. The molecule has 0 aromatic carbocycles. The second-order valence-corrected chi connectivity index (χ2v) is 6.00. The van der Waals surface area contributed by atoms with Crippen molar-refractivity contribution < 1.29 is 0 Å². The van der Waals surface area contributed by atoms with Crippen LogP contribution in [0.3, 0.4) is 0 Å². The van der Waals surface area contributed by atoms with Crippen molar-refractivity contribution in [3.05, 3.63) is 5.82 Å². The third-order valence-corrected chi connectivity index (χ3v) is 3.53. The molecule has 0 aliphatic carbocycles. The van der Waals surface area contributed by atoms with Crippen LogP contribution >= 0.6 is 11.8 Å². The van der Waals surface area contributed by atoms with E-state index in [-0.39, 0.29) is 0 Å². The summed E-state index contributed by atoms with van der Waals surface area (Å²) in [6.07, 6.45) is 0. The molecule has 0 aliphatic heterocycles. The number of tetrazole rings is 1. The lowest BCUT2D eigenvalue weighted by Gasteiger charge is -2.19. The van der Waals surface area contributed by atoms with Gasteiger partial charge in [-0.25, -0.2) is 4.68 Å². The second-order valence-electron chi connectivity index (χ2n) is 4.67. The Kier molecular flexibility index (Phi) is 3.53. The zero-order valence-electron chi connectivity index (χ0n) is 9.48. The highest BCUT2D eigenvalue weighted by molar-refractivity contribution is 7.99. The van der Waals surface area contributed by atoms with E-state index in [0.29, 0.717) is 10.7 Å². The van der Waals surface area contributed by atoms with Crippen LogP contribution in [0, 0.1) is 5.41 Å². The lowest BCUT2D eigenvalue weighted by Crippen LogP contribution is -2.11. The van der Waals surface area contributed by atoms with E-state index in [4.69, 9.17) is 0 Å². The molecule has 0 saturated heterocycles. The number of rotatable bonds is 3. The fourth-order valence-corrected chi connectivity index (χ4v) is 2.13. The maximum absolute atomic E-state index is 4.00. The molecule has 0 amide bonds. The van der Waals surface area contributed by atoms with Gasteiger partial charge in [0.2, 0.25) is 0 Å². The van der Waals surface area contributed by atoms with Gasteiger partial charge in [-0.1, -0.05) is 20.8 Å². The second kappa shape index (κ2) is 4.29. The van der Waals surface area contributed by atoms with Crippen molar-refractivity contribution in [1.29, 1.82) is 0 Å². The summed E-state index contributed by atoms with van der Waals surface area (Å²) < 4.78 is 1.74. The van der Waals surface area contributed by atoms with Crippen LogP contribution < -0.4 is 0 Å². The van der Waals surface area contributed by atoms with Crippen LogP contribution in [-0.2, 0) is 7.05 Å². The van der Waals surface area contributed by atoms with Crippen molar-refractivity contribution in [3.8, 4) is 0 Å². The Morgan fingerprint density at radius 2 is 2.07 bits per heavy atom. The molecule has 0 spiro atoms. The van der Waals surface area contributed by atoms with Crippen LogP contribution in [-0.4, -0.2) is 26.0 Å². The Morgan fingerprint density at radius 3 is 2.50 bits per heavy atom. The minimum Gasteiger partial charge on any atom is -0.232 e. The molecule has 1 atom stereocenters. The highest BCUT2D eigenvalue weighted by atomic mass is 32.2. The minimum absolute atomic E-state index is 0.352. The Labute approximate surface area is 89.5 Å². The van der Waals surface area contributed by atoms with E-state index in [9.17, 15) is 0 Å². The summed E-state index contributed by atoms with van der Waals surface area (Å²) >= 11 is 1.89. The first-order valence-corrected chi connectivity index (χ1v) is 5.79. The monoisotopic (exact) mass is 214 g/mol. The highest BCUT2D eigenvalue weighted by Crippen LogP contribution is 2.31. The van der Waals surface area contributed by atoms with Crippen molar-refractivity contribution >= 4 is 11.8 Å². The van der Waals surface area contributed by atoms with Gasteiger partial charge in [-0.3, -0.25) is 0 Å². The number of hydrogen-bond acceptors (Lipinski definition) is 4. The Hall–Kier alpha value is -0.580. The molecular weight excluding hydrogens is 196 g/mol. The predicted octanol–water partition coefficient (Wildman–Crippen LogP) is 2.05. The maximum Gasteiger partial charge on any atom is 0.163 e. The Balaban J connectivity index is 2.51. The zero-order valence-corrected chi connectivity index (χ0v) is 10.3. The number of thioether (sulfide) groups is 1. The van der Waals surface area contributed by atoms with E-state index >= 15 is 0 Å². The first kappa shape index (κ1) is 11.5. The molecule has 80 valence electrons. The summed E-state index contributed by atoms with van der Waals surface area (Å²) in [5, 5.41) is 11.8. The lowest BCUT2D eigenvalue weighted by molar-refractivity contribution is 0.480. The molecule has 0 radical (unpaired) electrons. The summed E-state index contributed by atoms with van der Waals surface area (Å²) in [6, 6.07) is 0. The van der Waals surface area contributed by atoms with Crippen molar-refractivity contribution in [1.82, 2.24) is 20.2 Å². The fourth-order valence-electron chi connectivity index (χ4n) is 1.03. The summed E-state index contributed by atoms with van der Waals surface area (Å²) in [7, 11) is 1.88. The van der Waals surface area contributed by atoms with Crippen LogP contribution in [0.15, 0.2) is 0 Å². The average Bonchev–Trinajstić information content (AvgIpc) is 2.46. The van der Waals surface area contributed by atoms with Gasteiger partial charge in [0.05, 0.1) is 5.25 Å². The first-order chi connectivity index (χ1) is 6.40. The molecule has 0 fully saturated rings. The van der Waals surface area contributed by atoms with Crippen LogP contribution in [0.25, 0.3) is 0 Å². The molecule has 0 saturated carbocycles. The molecule has 1 aromatic rings. The normalized spacial score (nSPS) is 14.4. The molecule has 0 bridgehead atoms. The largest absolute Gasteiger partial charge is 0.232 e. The van der Waals surface area contributed by atoms with Crippen LogP contribution in [0.5, 0.6) is 0 Å². The molecule has 1 aromatic heterocycles. The van der Waals surface area contributed by atoms with E-state index < -0.39 is 0 Å². The average molecular weight is 214 g/mol. The minimum atomic E-state index is 0.352. The SMILES string of the molecule is C[C@H](SCC(C)(C)C)c1nnnn1C. The van der Waals surface area contributed by atoms with E-state index in [1.165, 1.54) is 0 Å². The Morgan fingerprint density at radius 1 is 1.43 bits per heavy atom. The van der Waals surface area contributed by atoms with E-state index in [1.54, 1.807) is 4.68 Å². The summed E-state index contributed by atoms with van der Waals surface area (Å²) in [6.45, 7) is 8.85.